The summed E-state index contributed by atoms with van der Waals surface area (Å²) < 4.78 is 0. The monoisotopic (exact) mass is 360 g/mol. The van der Waals surface area contributed by atoms with Gasteiger partial charge in [0.15, 0.2) is 0 Å². The molecule has 1 saturated carbocycles. The molecule has 2 nitrogen and oxygen atoms in total. The zero-order valence-electron chi connectivity index (χ0n) is 11.8. The minimum absolute atomic E-state index is 0.338. The zero-order valence-corrected chi connectivity index (χ0v) is 15.0. The second-order valence-corrected chi connectivity index (χ2v) is 8.34. The molecular formula is C14H26Cl2O2S2. The molecule has 0 spiro atoms. The molecular weight excluding hydrogens is 335 g/mol. The molecule has 6 heteroatoms. The summed E-state index contributed by atoms with van der Waals surface area (Å²) in [6.07, 6.45) is 4.48. The van der Waals surface area contributed by atoms with Crippen LogP contribution in [0.3, 0.4) is 0 Å². The molecule has 1 rings (SSSR count). The van der Waals surface area contributed by atoms with Crippen LogP contribution in [0.2, 0.25) is 0 Å². The number of hydrogen-bond donors (Lipinski definition) is 2. The lowest BCUT2D eigenvalue weighted by Crippen LogP contribution is -2.20. The lowest BCUT2D eigenvalue weighted by molar-refractivity contribution is 0.223. The highest BCUT2D eigenvalue weighted by molar-refractivity contribution is 7.99. The van der Waals surface area contributed by atoms with Crippen molar-refractivity contribution >= 4 is 46.7 Å². The van der Waals surface area contributed by atoms with Crippen LogP contribution in [0.1, 0.15) is 25.7 Å². The van der Waals surface area contributed by atoms with Crippen molar-refractivity contribution < 1.29 is 10.2 Å². The van der Waals surface area contributed by atoms with E-state index in [4.69, 9.17) is 23.2 Å². The average molecular weight is 361 g/mol. The van der Waals surface area contributed by atoms with Gasteiger partial charge < -0.3 is 10.2 Å². The highest BCUT2D eigenvalue weighted by Crippen LogP contribution is 2.33. The summed E-state index contributed by atoms with van der Waals surface area (Å²) >= 11 is 14.8. The maximum absolute atomic E-state index is 9.41. The number of hydrogen-bond acceptors (Lipinski definition) is 4. The summed E-state index contributed by atoms with van der Waals surface area (Å²) in [5.74, 6) is 6.10. The Morgan fingerprint density at radius 3 is 1.45 bits per heavy atom. The summed E-state index contributed by atoms with van der Waals surface area (Å²) in [5, 5.41) is 18.8. The van der Waals surface area contributed by atoms with Crippen LogP contribution in [0.25, 0.3) is 0 Å². The SMILES string of the molecule is OC(CCl)CSCC1CCC(CSCC(O)CCl)CC1. The van der Waals surface area contributed by atoms with E-state index >= 15 is 0 Å². The lowest BCUT2D eigenvalue weighted by atomic mass is 9.84. The number of aliphatic hydroxyl groups excluding tert-OH is 2. The van der Waals surface area contributed by atoms with Crippen molar-refractivity contribution in [3.8, 4) is 0 Å². The van der Waals surface area contributed by atoms with E-state index in [0.717, 1.165) is 34.8 Å². The van der Waals surface area contributed by atoms with Gasteiger partial charge in [-0.3, -0.25) is 0 Å². The Morgan fingerprint density at radius 1 is 0.800 bits per heavy atom. The van der Waals surface area contributed by atoms with Gasteiger partial charge in [0.05, 0.1) is 12.2 Å². The Morgan fingerprint density at radius 2 is 1.15 bits per heavy atom. The smallest absolute Gasteiger partial charge is 0.0765 e. The molecule has 2 N–H and O–H groups in total. The summed E-state index contributed by atoms with van der Waals surface area (Å²) in [4.78, 5) is 0. The minimum Gasteiger partial charge on any atom is -0.391 e. The highest BCUT2D eigenvalue weighted by atomic mass is 35.5. The van der Waals surface area contributed by atoms with Gasteiger partial charge in [0.25, 0.3) is 0 Å². The molecule has 0 amide bonds. The molecule has 0 saturated heterocycles. The van der Waals surface area contributed by atoms with Crippen LogP contribution in [0, 0.1) is 11.8 Å². The predicted molar refractivity (Wildman–Crippen MR) is 93.6 cm³/mol. The van der Waals surface area contributed by atoms with Crippen molar-refractivity contribution in [3.05, 3.63) is 0 Å². The molecule has 0 heterocycles. The molecule has 120 valence electrons. The zero-order chi connectivity index (χ0) is 14.8. The third-order valence-corrected chi connectivity index (χ3v) is 7.02. The second kappa shape index (κ2) is 11.7. The van der Waals surface area contributed by atoms with E-state index in [9.17, 15) is 10.2 Å². The van der Waals surface area contributed by atoms with Crippen LogP contribution in [0.15, 0.2) is 0 Å². The van der Waals surface area contributed by atoms with E-state index in [1.807, 2.05) is 23.5 Å². The largest absolute Gasteiger partial charge is 0.391 e. The fraction of sp³-hybridized carbons (Fsp3) is 1.00. The molecule has 0 aromatic heterocycles. The summed E-state index contributed by atoms with van der Waals surface area (Å²) in [6.45, 7) is 0. The topological polar surface area (TPSA) is 40.5 Å². The van der Waals surface area contributed by atoms with Gasteiger partial charge >= 0.3 is 0 Å². The van der Waals surface area contributed by atoms with E-state index in [1.54, 1.807) is 0 Å². The first kappa shape index (κ1) is 19.2. The molecule has 1 aliphatic rings. The van der Waals surface area contributed by atoms with E-state index in [0.29, 0.717) is 11.8 Å². The molecule has 0 aromatic rings. The van der Waals surface area contributed by atoms with Crippen molar-refractivity contribution in [2.45, 2.75) is 37.9 Å². The van der Waals surface area contributed by atoms with Crippen molar-refractivity contribution in [1.29, 1.82) is 0 Å². The fourth-order valence-corrected chi connectivity index (χ4v) is 5.26. The van der Waals surface area contributed by atoms with Crippen LogP contribution in [0.4, 0.5) is 0 Å². The molecule has 20 heavy (non-hydrogen) atoms. The number of aliphatic hydroxyl groups is 2. The number of thioether (sulfide) groups is 2. The summed E-state index contributed by atoms with van der Waals surface area (Å²) in [7, 11) is 0. The Kier molecular flexibility index (Phi) is 11.3. The van der Waals surface area contributed by atoms with E-state index in [2.05, 4.69) is 0 Å². The number of rotatable bonds is 10. The summed E-state index contributed by atoms with van der Waals surface area (Å²) in [5.41, 5.74) is 0. The average Bonchev–Trinajstić information content (AvgIpc) is 2.48. The van der Waals surface area contributed by atoms with Gasteiger partial charge in [-0.2, -0.15) is 23.5 Å². The van der Waals surface area contributed by atoms with Gasteiger partial charge in [-0.25, -0.2) is 0 Å². The maximum atomic E-state index is 9.41. The normalized spacial score (nSPS) is 26.4. The van der Waals surface area contributed by atoms with Gasteiger partial charge in [0, 0.05) is 23.3 Å². The molecule has 2 atom stereocenters. The molecule has 0 bridgehead atoms. The Hall–Kier alpha value is 1.20. The van der Waals surface area contributed by atoms with Crippen molar-refractivity contribution in [1.82, 2.24) is 0 Å². The van der Waals surface area contributed by atoms with E-state index in [1.165, 1.54) is 25.7 Å². The Bertz CT molecular complexity index is 215. The third-order valence-electron chi connectivity index (χ3n) is 3.65. The molecule has 0 radical (unpaired) electrons. The van der Waals surface area contributed by atoms with Gasteiger partial charge in [-0.1, -0.05) is 0 Å². The van der Waals surface area contributed by atoms with E-state index in [-0.39, 0.29) is 12.2 Å². The summed E-state index contributed by atoms with van der Waals surface area (Å²) in [6, 6.07) is 0. The Labute approximate surface area is 141 Å². The molecule has 0 aliphatic heterocycles. The molecule has 1 aliphatic carbocycles. The molecule has 0 aromatic carbocycles. The maximum Gasteiger partial charge on any atom is 0.0765 e. The quantitative estimate of drug-likeness (QED) is 0.585. The first-order valence-corrected chi connectivity index (χ1v) is 10.7. The third kappa shape index (κ3) is 8.60. The standard InChI is InChI=1S/C14H26Cl2O2S2/c15-5-13(17)9-19-7-11-1-2-12(4-3-11)8-20-10-14(18)6-16/h11-14,17-18H,1-10H2. The lowest BCUT2D eigenvalue weighted by Gasteiger charge is -2.28. The minimum atomic E-state index is -0.359. The van der Waals surface area contributed by atoms with E-state index < -0.39 is 0 Å². The first-order chi connectivity index (χ1) is 9.65. The van der Waals surface area contributed by atoms with Gasteiger partial charge in [-0.15, -0.1) is 23.2 Å². The van der Waals surface area contributed by atoms with Crippen molar-refractivity contribution in [2.24, 2.45) is 11.8 Å². The first-order valence-electron chi connectivity index (χ1n) is 7.29. The Balaban J connectivity index is 2.02. The molecule has 2 unspecified atom stereocenters. The number of alkyl halides is 2. The second-order valence-electron chi connectivity index (χ2n) is 5.58. The van der Waals surface area contributed by atoms with Crippen LogP contribution in [0.5, 0.6) is 0 Å². The number of halogens is 2. The van der Waals surface area contributed by atoms with Crippen LogP contribution in [-0.2, 0) is 0 Å². The van der Waals surface area contributed by atoms with Crippen molar-refractivity contribution in [3.63, 3.8) is 0 Å². The van der Waals surface area contributed by atoms with Crippen LogP contribution >= 0.6 is 46.7 Å². The van der Waals surface area contributed by atoms with Crippen molar-refractivity contribution in [2.75, 3.05) is 34.8 Å². The van der Waals surface area contributed by atoms with Gasteiger partial charge in [-0.05, 0) is 49.0 Å². The molecule has 1 fully saturated rings. The highest BCUT2D eigenvalue weighted by Gasteiger charge is 2.21. The predicted octanol–water partition coefficient (Wildman–Crippen LogP) is 3.46. The fourth-order valence-electron chi connectivity index (χ4n) is 2.40. The van der Waals surface area contributed by atoms with Gasteiger partial charge in [0.1, 0.15) is 0 Å². The van der Waals surface area contributed by atoms with Crippen LogP contribution in [-0.4, -0.2) is 57.2 Å². The van der Waals surface area contributed by atoms with Gasteiger partial charge in [0.2, 0.25) is 0 Å². The van der Waals surface area contributed by atoms with Crippen LogP contribution < -0.4 is 0 Å².